The second kappa shape index (κ2) is 11.1. The van der Waals surface area contributed by atoms with Gasteiger partial charge >= 0.3 is 0 Å². The predicted molar refractivity (Wildman–Crippen MR) is 129 cm³/mol. The molecule has 0 aliphatic carbocycles. The lowest BCUT2D eigenvalue weighted by Gasteiger charge is -2.18. The maximum atomic E-state index is 12.9. The van der Waals surface area contributed by atoms with Crippen LogP contribution in [0.15, 0.2) is 52.4 Å². The summed E-state index contributed by atoms with van der Waals surface area (Å²) in [6, 6.07) is 11.7. The largest absolute Gasteiger partial charge is 0.494 e. The zero-order valence-corrected chi connectivity index (χ0v) is 20.9. The number of nitrogens with zero attached hydrogens (tertiary/aromatic N) is 3. The maximum absolute atomic E-state index is 12.9. The summed E-state index contributed by atoms with van der Waals surface area (Å²) >= 11 is 1.39. The van der Waals surface area contributed by atoms with Gasteiger partial charge in [-0.1, -0.05) is 25.2 Å². The van der Waals surface area contributed by atoms with Crippen LogP contribution in [0.4, 0.5) is 0 Å². The zero-order chi connectivity index (χ0) is 24.0. The number of hydrogen-bond donors (Lipinski definition) is 0. The number of ether oxygens (including phenoxy) is 2. The minimum absolute atomic E-state index is 0.156. The number of aromatic nitrogens is 1. The van der Waals surface area contributed by atoms with Gasteiger partial charge in [-0.3, -0.25) is 4.79 Å². The molecule has 3 rings (SSSR count). The quantitative estimate of drug-likeness (QED) is 0.433. The Balaban J connectivity index is 1.98. The third-order valence-electron chi connectivity index (χ3n) is 5.13. The van der Waals surface area contributed by atoms with Gasteiger partial charge < -0.3 is 14.0 Å². The molecule has 0 aliphatic heterocycles. The van der Waals surface area contributed by atoms with Crippen LogP contribution < -0.4 is 9.54 Å². The summed E-state index contributed by atoms with van der Waals surface area (Å²) < 4.78 is 40.4. The second-order valence-electron chi connectivity index (χ2n) is 7.12. The Morgan fingerprint density at radius 1 is 1.09 bits per heavy atom. The molecule has 0 aliphatic rings. The Morgan fingerprint density at radius 3 is 2.39 bits per heavy atom. The molecule has 0 radical (unpaired) electrons. The molecule has 10 heteroatoms. The molecule has 0 saturated carbocycles. The number of rotatable bonds is 10. The minimum Gasteiger partial charge on any atom is -0.494 e. The van der Waals surface area contributed by atoms with Gasteiger partial charge in [-0.05, 0) is 49.4 Å². The Labute approximate surface area is 198 Å². The molecule has 33 heavy (non-hydrogen) atoms. The molecule has 0 saturated heterocycles. The number of amides is 1. The molecule has 178 valence electrons. The van der Waals surface area contributed by atoms with Crippen molar-refractivity contribution in [2.75, 3.05) is 33.4 Å². The first-order valence-electron chi connectivity index (χ1n) is 10.8. The molecule has 0 spiro atoms. The summed E-state index contributed by atoms with van der Waals surface area (Å²) in [7, 11) is -1.96. The molecule has 8 nitrogen and oxygen atoms in total. The van der Waals surface area contributed by atoms with Gasteiger partial charge in [0.15, 0.2) is 4.80 Å². The summed E-state index contributed by atoms with van der Waals surface area (Å²) in [4.78, 5) is 17.9. The van der Waals surface area contributed by atoms with Crippen LogP contribution in [0.2, 0.25) is 0 Å². The lowest BCUT2D eigenvalue weighted by molar-refractivity contribution is 0.0997. The predicted octanol–water partition coefficient (Wildman–Crippen LogP) is 3.52. The number of carbonyl (C=O) groups is 1. The third-order valence-corrected chi connectivity index (χ3v) is 8.23. The molecule has 1 amide bonds. The van der Waals surface area contributed by atoms with Gasteiger partial charge in [0.25, 0.3) is 5.91 Å². The SMILES string of the molecule is CCOc1ccc2c(c1)sc(=NC(=O)c1ccc(S(=O)(=O)N(CC)CC)cc1)n2CCOC. The number of sulfonamides is 1. The topological polar surface area (TPSA) is 90.2 Å². The van der Waals surface area contributed by atoms with E-state index < -0.39 is 15.9 Å². The normalized spacial score (nSPS) is 12.6. The molecular weight excluding hydrogens is 462 g/mol. The van der Waals surface area contributed by atoms with Crippen molar-refractivity contribution < 1.29 is 22.7 Å². The van der Waals surface area contributed by atoms with Gasteiger partial charge in [0.1, 0.15) is 5.75 Å². The first kappa shape index (κ1) is 25.1. The smallest absolute Gasteiger partial charge is 0.279 e. The van der Waals surface area contributed by atoms with Gasteiger partial charge in [-0.2, -0.15) is 9.30 Å². The van der Waals surface area contributed by atoms with Crippen LogP contribution in [-0.4, -0.2) is 56.6 Å². The standard InChI is InChI=1S/C23H29N3O5S2/c1-5-25(6-2)33(28,29)19-11-8-17(9-12-19)22(27)24-23-26(14-15-30-4)20-13-10-18(31-7-3)16-21(20)32-23/h8-13,16H,5-7,14-15H2,1-4H3. The van der Waals surface area contributed by atoms with E-state index in [-0.39, 0.29) is 4.90 Å². The lowest BCUT2D eigenvalue weighted by atomic mass is 10.2. The highest BCUT2D eigenvalue weighted by atomic mass is 32.2. The third kappa shape index (κ3) is 5.52. The van der Waals surface area contributed by atoms with Gasteiger partial charge in [-0.25, -0.2) is 8.42 Å². The number of carbonyl (C=O) groups excluding carboxylic acids is 1. The Hall–Kier alpha value is -2.53. The molecular formula is C23H29N3O5S2. The zero-order valence-electron chi connectivity index (χ0n) is 19.3. The highest BCUT2D eigenvalue weighted by Crippen LogP contribution is 2.24. The van der Waals surface area contributed by atoms with E-state index in [0.29, 0.717) is 43.2 Å². The van der Waals surface area contributed by atoms with Crippen molar-refractivity contribution in [3.63, 3.8) is 0 Å². The number of fused-ring (bicyclic) bond motifs is 1. The first-order chi connectivity index (χ1) is 15.8. The summed E-state index contributed by atoms with van der Waals surface area (Å²) in [5, 5.41) is 0. The molecule has 2 aromatic carbocycles. The molecule has 0 unspecified atom stereocenters. The van der Waals surface area contributed by atoms with Gasteiger partial charge in [0.2, 0.25) is 10.0 Å². The fourth-order valence-corrected chi connectivity index (χ4v) is 5.97. The first-order valence-corrected chi connectivity index (χ1v) is 13.1. The fraction of sp³-hybridized carbons (Fsp3) is 0.391. The number of benzene rings is 2. The van der Waals surface area contributed by atoms with E-state index >= 15 is 0 Å². The van der Waals surface area contributed by atoms with E-state index in [4.69, 9.17) is 9.47 Å². The molecule has 0 bridgehead atoms. The van der Waals surface area contributed by atoms with Crippen LogP contribution in [0, 0.1) is 0 Å². The fourth-order valence-electron chi connectivity index (χ4n) is 3.43. The van der Waals surface area contributed by atoms with Crippen LogP contribution in [-0.2, 0) is 21.3 Å². The number of hydrogen-bond acceptors (Lipinski definition) is 6. The van der Waals surface area contributed by atoms with Gasteiger partial charge in [0, 0.05) is 32.3 Å². The van der Waals surface area contributed by atoms with Crippen molar-refractivity contribution in [1.82, 2.24) is 8.87 Å². The van der Waals surface area contributed by atoms with Crippen LogP contribution in [0.25, 0.3) is 10.2 Å². The van der Waals surface area contributed by atoms with E-state index in [1.165, 1.54) is 39.9 Å². The number of methoxy groups -OCH3 is 1. The van der Waals surface area contributed by atoms with Crippen molar-refractivity contribution in [1.29, 1.82) is 0 Å². The summed E-state index contributed by atoms with van der Waals surface area (Å²) in [6.07, 6.45) is 0. The molecule has 0 fully saturated rings. The van der Waals surface area contributed by atoms with Gasteiger partial charge in [0.05, 0.1) is 28.3 Å². The van der Waals surface area contributed by atoms with Crippen molar-refractivity contribution in [2.24, 2.45) is 4.99 Å². The monoisotopic (exact) mass is 491 g/mol. The lowest BCUT2D eigenvalue weighted by Crippen LogP contribution is -2.30. The van der Waals surface area contributed by atoms with E-state index in [2.05, 4.69) is 4.99 Å². The van der Waals surface area contributed by atoms with E-state index in [1.807, 2.05) is 29.7 Å². The average molecular weight is 492 g/mol. The Morgan fingerprint density at radius 2 is 1.79 bits per heavy atom. The summed E-state index contributed by atoms with van der Waals surface area (Å²) in [6.45, 7) is 7.85. The Bertz CT molecular complexity index is 1270. The minimum atomic E-state index is -3.58. The highest BCUT2D eigenvalue weighted by Gasteiger charge is 2.21. The van der Waals surface area contributed by atoms with Crippen LogP contribution in [0.1, 0.15) is 31.1 Å². The Kier molecular flexibility index (Phi) is 8.41. The van der Waals surface area contributed by atoms with E-state index in [0.717, 1.165) is 16.0 Å². The van der Waals surface area contributed by atoms with E-state index in [1.54, 1.807) is 21.0 Å². The molecule has 1 aromatic heterocycles. The average Bonchev–Trinajstić information content (AvgIpc) is 3.14. The molecule has 3 aromatic rings. The summed E-state index contributed by atoms with van der Waals surface area (Å²) in [5.74, 6) is 0.317. The maximum Gasteiger partial charge on any atom is 0.279 e. The van der Waals surface area contributed by atoms with Crippen molar-refractivity contribution in [3.8, 4) is 5.75 Å². The van der Waals surface area contributed by atoms with Crippen molar-refractivity contribution in [3.05, 3.63) is 52.8 Å². The highest BCUT2D eigenvalue weighted by molar-refractivity contribution is 7.89. The van der Waals surface area contributed by atoms with Crippen molar-refractivity contribution in [2.45, 2.75) is 32.2 Å². The number of thiazole rings is 1. The van der Waals surface area contributed by atoms with Crippen LogP contribution in [0.5, 0.6) is 5.75 Å². The molecule has 0 atom stereocenters. The van der Waals surface area contributed by atoms with Crippen molar-refractivity contribution >= 4 is 37.5 Å². The van der Waals surface area contributed by atoms with Crippen LogP contribution >= 0.6 is 11.3 Å². The molecule has 0 N–H and O–H groups in total. The van der Waals surface area contributed by atoms with E-state index in [9.17, 15) is 13.2 Å². The van der Waals surface area contributed by atoms with Gasteiger partial charge in [-0.15, -0.1) is 0 Å². The van der Waals surface area contributed by atoms with Crippen LogP contribution in [0.3, 0.4) is 0 Å². The molecule has 1 heterocycles. The summed E-state index contributed by atoms with van der Waals surface area (Å²) in [5.41, 5.74) is 1.26. The second-order valence-corrected chi connectivity index (χ2v) is 10.1.